The third-order valence-electron chi connectivity index (χ3n) is 9.04. The number of benzene rings is 3. The SMILES string of the molecule is Cc1cc(/C=N/c2ccccc2N(C)Cc2cc(Br)cc(Br)c2O)c(O)c(C23CC4CC(CC(C4)C2)C3)c1. The maximum absolute atomic E-state index is 11.6. The number of aromatic hydroxyl groups is 2. The smallest absolute Gasteiger partial charge is 0.134 e. The van der Waals surface area contributed by atoms with Crippen LogP contribution in [-0.2, 0) is 12.0 Å². The number of phenols is 2. The van der Waals surface area contributed by atoms with Crippen LogP contribution in [0.5, 0.6) is 11.5 Å². The van der Waals surface area contributed by atoms with Crippen molar-refractivity contribution >= 4 is 49.4 Å². The Morgan fingerprint density at radius 1 is 0.947 bits per heavy atom. The van der Waals surface area contributed by atoms with Gasteiger partial charge < -0.3 is 15.1 Å². The van der Waals surface area contributed by atoms with Crippen molar-refractivity contribution in [3.63, 3.8) is 0 Å². The van der Waals surface area contributed by atoms with Crippen molar-refractivity contribution in [2.75, 3.05) is 11.9 Å². The number of hydrogen-bond donors (Lipinski definition) is 2. The molecule has 4 saturated carbocycles. The minimum absolute atomic E-state index is 0.131. The van der Waals surface area contributed by atoms with Crippen LogP contribution in [0.4, 0.5) is 11.4 Å². The molecule has 4 aliphatic carbocycles. The molecule has 0 amide bonds. The van der Waals surface area contributed by atoms with Gasteiger partial charge in [0.1, 0.15) is 11.5 Å². The number of halogens is 2. The largest absolute Gasteiger partial charge is 0.507 e. The van der Waals surface area contributed by atoms with Crippen LogP contribution >= 0.6 is 31.9 Å². The molecule has 3 aromatic rings. The van der Waals surface area contributed by atoms with E-state index in [1.807, 2.05) is 55.7 Å². The first-order valence-corrected chi connectivity index (χ1v) is 15.1. The van der Waals surface area contributed by atoms with E-state index in [9.17, 15) is 10.2 Å². The molecule has 198 valence electrons. The van der Waals surface area contributed by atoms with Crippen molar-refractivity contribution in [3.8, 4) is 11.5 Å². The normalized spacial score (nSPS) is 25.8. The molecule has 6 heteroatoms. The Labute approximate surface area is 242 Å². The number of phenolic OH excluding ortho intramolecular Hbond substituents is 2. The second-order valence-corrected chi connectivity index (χ2v) is 13.7. The molecular weight excluding hydrogens is 604 g/mol. The monoisotopic (exact) mass is 636 g/mol. The average Bonchev–Trinajstić information content (AvgIpc) is 2.86. The van der Waals surface area contributed by atoms with Gasteiger partial charge in [-0.3, -0.25) is 4.99 Å². The average molecular weight is 638 g/mol. The summed E-state index contributed by atoms with van der Waals surface area (Å²) in [6, 6.07) is 16.1. The van der Waals surface area contributed by atoms with Gasteiger partial charge in [-0.2, -0.15) is 0 Å². The highest BCUT2D eigenvalue weighted by atomic mass is 79.9. The van der Waals surface area contributed by atoms with Crippen LogP contribution in [0.2, 0.25) is 0 Å². The Morgan fingerprint density at radius 3 is 2.29 bits per heavy atom. The standard InChI is InChI=1S/C32H34Br2N2O2/c1-19-7-23(30(37)26(8-19)32-14-20-9-21(15-32)11-22(10-20)16-32)17-35-28-5-3-4-6-29(28)36(2)18-24-12-25(33)13-27(34)31(24)38/h3-8,12-13,17,20-22,37-38H,9-11,14-16,18H2,1-2H3/b35-17+. The quantitative estimate of drug-likeness (QED) is 0.266. The van der Waals surface area contributed by atoms with Crippen molar-refractivity contribution in [1.82, 2.24) is 0 Å². The lowest BCUT2D eigenvalue weighted by atomic mass is 9.48. The zero-order valence-corrected chi connectivity index (χ0v) is 25.1. The topological polar surface area (TPSA) is 56.1 Å². The molecule has 4 aliphatic rings. The Balaban J connectivity index is 1.30. The Morgan fingerprint density at radius 2 is 1.61 bits per heavy atom. The van der Waals surface area contributed by atoms with Crippen LogP contribution in [0.1, 0.15) is 60.8 Å². The molecule has 2 N–H and O–H groups in total. The van der Waals surface area contributed by atoms with Crippen molar-refractivity contribution in [3.05, 3.63) is 79.7 Å². The van der Waals surface area contributed by atoms with E-state index in [2.05, 4.69) is 49.7 Å². The fourth-order valence-corrected chi connectivity index (χ4v) is 9.18. The molecule has 0 unspecified atom stereocenters. The molecule has 0 saturated heterocycles. The zero-order chi connectivity index (χ0) is 26.6. The molecule has 0 aromatic heterocycles. The van der Waals surface area contributed by atoms with Crippen molar-refractivity contribution in [2.45, 2.75) is 57.4 Å². The number of nitrogens with zero attached hydrogens (tertiary/aromatic N) is 2. The van der Waals surface area contributed by atoms with Gasteiger partial charge in [0.25, 0.3) is 0 Å². The van der Waals surface area contributed by atoms with Gasteiger partial charge in [0, 0.05) is 41.0 Å². The summed E-state index contributed by atoms with van der Waals surface area (Å²) >= 11 is 6.95. The first-order valence-electron chi connectivity index (χ1n) is 13.6. The predicted molar refractivity (Wildman–Crippen MR) is 162 cm³/mol. The van der Waals surface area contributed by atoms with E-state index in [1.54, 1.807) is 0 Å². The van der Waals surface area contributed by atoms with Gasteiger partial charge in [-0.05, 0) is 120 Å². The Hall–Kier alpha value is -2.31. The lowest BCUT2D eigenvalue weighted by Crippen LogP contribution is -2.48. The summed E-state index contributed by atoms with van der Waals surface area (Å²) in [6.45, 7) is 2.65. The first kappa shape index (κ1) is 25.9. The first-order chi connectivity index (χ1) is 18.2. The van der Waals surface area contributed by atoms with Gasteiger partial charge in [-0.15, -0.1) is 0 Å². The van der Waals surface area contributed by atoms with Crippen LogP contribution in [0.3, 0.4) is 0 Å². The maximum atomic E-state index is 11.6. The third kappa shape index (κ3) is 4.79. The fraction of sp³-hybridized carbons (Fsp3) is 0.406. The molecule has 0 atom stereocenters. The number of anilines is 1. The molecule has 4 bridgehead atoms. The summed E-state index contributed by atoms with van der Waals surface area (Å²) in [4.78, 5) is 6.96. The molecule has 0 radical (unpaired) electrons. The highest BCUT2D eigenvalue weighted by Crippen LogP contribution is 2.62. The summed E-state index contributed by atoms with van der Waals surface area (Å²) in [7, 11) is 2.00. The maximum Gasteiger partial charge on any atom is 0.134 e. The third-order valence-corrected chi connectivity index (χ3v) is 10.1. The number of aliphatic imine (C=N–C) groups is 1. The highest BCUT2D eigenvalue weighted by Gasteiger charge is 2.52. The number of para-hydroxylation sites is 2. The lowest BCUT2D eigenvalue weighted by Gasteiger charge is -2.57. The van der Waals surface area contributed by atoms with Crippen LogP contribution < -0.4 is 4.90 Å². The summed E-state index contributed by atoms with van der Waals surface area (Å²) in [6.07, 6.45) is 9.65. The number of rotatable bonds is 6. The second-order valence-electron chi connectivity index (χ2n) is 11.9. The minimum Gasteiger partial charge on any atom is -0.507 e. The number of aryl methyl sites for hydroxylation is 1. The van der Waals surface area contributed by atoms with E-state index in [0.29, 0.717) is 16.8 Å². The fourth-order valence-electron chi connectivity index (χ4n) is 7.87. The molecular formula is C32H34Br2N2O2. The van der Waals surface area contributed by atoms with E-state index in [1.165, 1.54) is 44.1 Å². The van der Waals surface area contributed by atoms with E-state index < -0.39 is 0 Å². The molecule has 4 fully saturated rings. The van der Waals surface area contributed by atoms with E-state index in [4.69, 9.17) is 4.99 Å². The van der Waals surface area contributed by atoms with Gasteiger partial charge in [0.05, 0.1) is 15.8 Å². The van der Waals surface area contributed by atoms with Crippen molar-refractivity contribution in [1.29, 1.82) is 0 Å². The van der Waals surface area contributed by atoms with Crippen LogP contribution in [0.25, 0.3) is 0 Å². The summed E-state index contributed by atoms with van der Waals surface area (Å²) in [5.74, 6) is 3.13. The van der Waals surface area contributed by atoms with Crippen LogP contribution in [-0.4, -0.2) is 23.5 Å². The zero-order valence-electron chi connectivity index (χ0n) is 21.9. The van der Waals surface area contributed by atoms with Crippen LogP contribution in [0.15, 0.2) is 62.5 Å². The van der Waals surface area contributed by atoms with Gasteiger partial charge >= 0.3 is 0 Å². The molecule has 7 rings (SSSR count). The summed E-state index contributed by atoms with van der Waals surface area (Å²) in [5, 5.41) is 22.1. The van der Waals surface area contributed by atoms with Gasteiger partial charge in [0.15, 0.2) is 0 Å². The Bertz CT molecular complexity index is 1380. The molecule has 0 spiro atoms. The van der Waals surface area contributed by atoms with E-state index in [-0.39, 0.29) is 11.2 Å². The molecule has 0 heterocycles. The Kier molecular flexibility index (Phi) is 6.84. The van der Waals surface area contributed by atoms with E-state index in [0.717, 1.165) is 50.3 Å². The van der Waals surface area contributed by atoms with Crippen LogP contribution in [0, 0.1) is 24.7 Å². The lowest BCUT2D eigenvalue weighted by molar-refractivity contribution is -0.00616. The molecule has 0 aliphatic heterocycles. The second kappa shape index (κ2) is 10.0. The molecule has 3 aromatic carbocycles. The van der Waals surface area contributed by atoms with Crippen molar-refractivity contribution < 1.29 is 10.2 Å². The summed E-state index contributed by atoms with van der Waals surface area (Å²) < 4.78 is 1.56. The molecule has 38 heavy (non-hydrogen) atoms. The van der Waals surface area contributed by atoms with Gasteiger partial charge in [-0.25, -0.2) is 0 Å². The molecule has 4 nitrogen and oxygen atoms in total. The van der Waals surface area contributed by atoms with Crippen molar-refractivity contribution in [2.24, 2.45) is 22.7 Å². The van der Waals surface area contributed by atoms with Gasteiger partial charge in [-0.1, -0.05) is 34.1 Å². The van der Waals surface area contributed by atoms with E-state index >= 15 is 0 Å². The predicted octanol–water partition coefficient (Wildman–Crippen LogP) is 8.79. The summed E-state index contributed by atoms with van der Waals surface area (Å²) in [5.41, 5.74) is 5.83. The number of hydrogen-bond acceptors (Lipinski definition) is 4. The van der Waals surface area contributed by atoms with Gasteiger partial charge in [0.2, 0.25) is 0 Å². The highest BCUT2D eigenvalue weighted by molar-refractivity contribution is 9.11. The minimum atomic E-state index is 0.131.